The standard InChI is InChI=1S/C24H25ClF2N4O3/c1-4-13(3)16-11-30(22-17(25)7-6-8-18(22)26)23(33)15-9-19(27)20(10-14(15)16)31-24(34)29(5-2)21(12-32)28-31/h6-10,13,16,32H,4-5,11-12H2,1-3H3/t13?,16-/m0/s1. The van der Waals surface area contributed by atoms with Gasteiger partial charge in [0.15, 0.2) is 5.82 Å². The van der Waals surface area contributed by atoms with Gasteiger partial charge in [0.1, 0.15) is 23.9 Å². The van der Waals surface area contributed by atoms with Gasteiger partial charge in [0, 0.05) is 24.6 Å². The van der Waals surface area contributed by atoms with Crippen LogP contribution in [0.3, 0.4) is 0 Å². The average Bonchev–Trinajstić information content (AvgIpc) is 3.14. The minimum atomic E-state index is -0.830. The van der Waals surface area contributed by atoms with E-state index in [1.165, 1.54) is 33.7 Å². The maximum atomic E-state index is 15.3. The summed E-state index contributed by atoms with van der Waals surface area (Å²) in [7, 11) is 0. The fraction of sp³-hybridized carbons (Fsp3) is 0.375. The Labute approximate surface area is 200 Å². The van der Waals surface area contributed by atoms with Crippen LogP contribution in [-0.2, 0) is 13.2 Å². The Hall–Kier alpha value is -3.04. The third-order valence-electron chi connectivity index (χ3n) is 6.54. The van der Waals surface area contributed by atoms with Crippen LogP contribution in [0.25, 0.3) is 5.69 Å². The predicted octanol–water partition coefficient (Wildman–Crippen LogP) is 4.27. The molecule has 34 heavy (non-hydrogen) atoms. The molecular formula is C24H25ClF2N4O3. The van der Waals surface area contributed by atoms with Crippen LogP contribution in [-0.4, -0.2) is 31.9 Å². The molecule has 2 heterocycles. The molecule has 3 aromatic rings. The lowest BCUT2D eigenvalue weighted by Gasteiger charge is -2.37. The number of fused-ring (bicyclic) bond motifs is 1. The van der Waals surface area contributed by atoms with Gasteiger partial charge < -0.3 is 10.0 Å². The maximum Gasteiger partial charge on any atom is 0.350 e. The summed E-state index contributed by atoms with van der Waals surface area (Å²) in [4.78, 5) is 27.5. The lowest BCUT2D eigenvalue weighted by molar-refractivity contribution is 0.0971. The second-order valence-corrected chi connectivity index (χ2v) is 8.79. The van der Waals surface area contributed by atoms with Crippen molar-refractivity contribution in [1.29, 1.82) is 0 Å². The molecule has 0 radical (unpaired) electrons. The molecule has 1 aliphatic rings. The molecule has 1 aliphatic heterocycles. The van der Waals surface area contributed by atoms with Gasteiger partial charge >= 0.3 is 5.69 Å². The van der Waals surface area contributed by atoms with Crippen LogP contribution in [0.1, 0.15) is 54.9 Å². The van der Waals surface area contributed by atoms with E-state index in [-0.39, 0.29) is 52.7 Å². The number of aliphatic hydroxyl groups is 1. The summed E-state index contributed by atoms with van der Waals surface area (Å²) in [5.74, 6) is -2.15. The number of halogens is 3. The molecule has 1 N–H and O–H groups in total. The van der Waals surface area contributed by atoms with Crippen molar-refractivity contribution in [3.05, 3.63) is 74.4 Å². The Morgan fingerprint density at radius 3 is 2.53 bits per heavy atom. The Balaban J connectivity index is 1.91. The summed E-state index contributed by atoms with van der Waals surface area (Å²) < 4.78 is 32.2. The summed E-state index contributed by atoms with van der Waals surface area (Å²) in [5, 5.41) is 13.7. The van der Waals surface area contributed by atoms with Crippen molar-refractivity contribution in [2.75, 3.05) is 11.4 Å². The first kappa shape index (κ1) is 24.1. The number of carbonyl (C=O) groups is 1. The zero-order valence-corrected chi connectivity index (χ0v) is 19.8. The molecule has 0 saturated carbocycles. The molecule has 0 fully saturated rings. The Bertz CT molecular complexity index is 1300. The third kappa shape index (κ3) is 3.82. The monoisotopic (exact) mass is 490 g/mol. The van der Waals surface area contributed by atoms with Crippen molar-refractivity contribution in [3.63, 3.8) is 0 Å². The minimum absolute atomic E-state index is 0.0388. The Morgan fingerprint density at radius 1 is 1.21 bits per heavy atom. The van der Waals surface area contributed by atoms with E-state index in [0.717, 1.165) is 17.2 Å². The summed E-state index contributed by atoms with van der Waals surface area (Å²) in [6, 6.07) is 6.71. The SMILES string of the molecule is CCC(C)[C@@H]1CN(c2c(F)cccc2Cl)C(=O)c2cc(F)c(-n3nc(CO)n(CC)c3=O)cc21. The van der Waals surface area contributed by atoms with Crippen molar-refractivity contribution in [2.24, 2.45) is 5.92 Å². The smallest absolute Gasteiger partial charge is 0.350 e. The van der Waals surface area contributed by atoms with E-state index in [1.807, 2.05) is 13.8 Å². The summed E-state index contributed by atoms with van der Waals surface area (Å²) in [5.41, 5.74) is -0.0925. The maximum absolute atomic E-state index is 15.3. The Morgan fingerprint density at radius 2 is 1.94 bits per heavy atom. The molecule has 0 saturated heterocycles. The number of para-hydroxylation sites is 1. The van der Waals surface area contributed by atoms with Crippen molar-refractivity contribution in [3.8, 4) is 5.69 Å². The highest BCUT2D eigenvalue weighted by atomic mass is 35.5. The number of amides is 1. The third-order valence-corrected chi connectivity index (χ3v) is 6.84. The van der Waals surface area contributed by atoms with Crippen LogP contribution in [0.5, 0.6) is 0 Å². The van der Waals surface area contributed by atoms with Gasteiger partial charge in [-0.1, -0.05) is 37.9 Å². The van der Waals surface area contributed by atoms with Gasteiger partial charge in [0.25, 0.3) is 5.91 Å². The normalized spacial score (nSPS) is 16.6. The first-order valence-electron chi connectivity index (χ1n) is 11.1. The molecule has 7 nitrogen and oxygen atoms in total. The molecular weight excluding hydrogens is 466 g/mol. The number of anilines is 1. The van der Waals surface area contributed by atoms with Crippen LogP contribution in [0.4, 0.5) is 14.5 Å². The van der Waals surface area contributed by atoms with Crippen LogP contribution < -0.4 is 10.6 Å². The van der Waals surface area contributed by atoms with Crippen molar-refractivity contribution in [1.82, 2.24) is 14.3 Å². The molecule has 1 amide bonds. The van der Waals surface area contributed by atoms with E-state index in [0.29, 0.717) is 5.56 Å². The molecule has 4 rings (SSSR count). The lowest BCUT2D eigenvalue weighted by atomic mass is 9.79. The first-order chi connectivity index (χ1) is 16.2. The molecule has 0 bridgehead atoms. The van der Waals surface area contributed by atoms with Crippen molar-refractivity contribution < 1.29 is 18.7 Å². The summed E-state index contributed by atoms with van der Waals surface area (Å²) >= 11 is 6.24. The quantitative estimate of drug-likeness (QED) is 0.559. The largest absolute Gasteiger partial charge is 0.388 e. The van der Waals surface area contributed by atoms with Gasteiger partial charge in [-0.15, -0.1) is 5.10 Å². The number of hydrogen-bond acceptors (Lipinski definition) is 4. The van der Waals surface area contributed by atoms with Crippen LogP contribution in [0, 0.1) is 17.6 Å². The second kappa shape index (κ2) is 9.31. The minimum Gasteiger partial charge on any atom is -0.388 e. The highest BCUT2D eigenvalue weighted by Crippen LogP contribution is 2.41. The van der Waals surface area contributed by atoms with Gasteiger partial charge in [-0.3, -0.25) is 9.36 Å². The molecule has 0 aliphatic carbocycles. The van der Waals surface area contributed by atoms with E-state index < -0.39 is 29.8 Å². The fourth-order valence-electron chi connectivity index (χ4n) is 4.49. The highest BCUT2D eigenvalue weighted by molar-refractivity contribution is 6.34. The number of aliphatic hydroxyl groups excluding tert-OH is 1. The zero-order valence-electron chi connectivity index (χ0n) is 19.1. The van der Waals surface area contributed by atoms with Crippen molar-refractivity contribution in [2.45, 2.75) is 46.3 Å². The number of benzene rings is 2. The topological polar surface area (TPSA) is 80.4 Å². The summed E-state index contributed by atoms with van der Waals surface area (Å²) in [6.07, 6.45) is 0.753. The molecule has 1 unspecified atom stereocenters. The molecule has 1 aromatic heterocycles. The number of nitrogens with zero attached hydrogens (tertiary/aromatic N) is 4. The second-order valence-electron chi connectivity index (χ2n) is 8.38. The van der Waals surface area contributed by atoms with Gasteiger partial charge in [-0.2, -0.15) is 4.68 Å². The summed E-state index contributed by atoms with van der Waals surface area (Å²) in [6.45, 7) is 5.63. The fourth-order valence-corrected chi connectivity index (χ4v) is 4.76. The number of carbonyl (C=O) groups excluding carboxylic acids is 1. The highest BCUT2D eigenvalue weighted by Gasteiger charge is 2.37. The molecule has 180 valence electrons. The molecule has 2 atom stereocenters. The van der Waals surface area contributed by atoms with Crippen molar-refractivity contribution >= 4 is 23.2 Å². The Kier molecular flexibility index (Phi) is 6.60. The van der Waals surface area contributed by atoms with Crippen LogP contribution in [0.2, 0.25) is 5.02 Å². The average molecular weight is 491 g/mol. The van der Waals surface area contributed by atoms with Crippen LogP contribution in [0.15, 0.2) is 35.1 Å². The van der Waals surface area contributed by atoms with Crippen LogP contribution >= 0.6 is 11.6 Å². The van der Waals surface area contributed by atoms with Gasteiger partial charge in [0.05, 0.1) is 10.7 Å². The van der Waals surface area contributed by atoms with Gasteiger partial charge in [0.2, 0.25) is 0 Å². The molecule has 2 aromatic carbocycles. The number of rotatable bonds is 6. The first-order valence-corrected chi connectivity index (χ1v) is 11.5. The van der Waals surface area contributed by atoms with E-state index in [2.05, 4.69) is 5.10 Å². The van der Waals surface area contributed by atoms with Gasteiger partial charge in [-0.25, -0.2) is 13.6 Å². The number of aromatic nitrogens is 3. The zero-order chi connectivity index (χ0) is 24.7. The molecule has 10 heteroatoms. The molecule has 0 spiro atoms. The predicted molar refractivity (Wildman–Crippen MR) is 125 cm³/mol. The lowest BCUT2D eigenvalue weighted by Crippen LogP contribution is -2.42. The van der Waals surface area contributed by atoms with E-state index >= 15 is 4.39 Å². The van der Waals surface area contributed by atoms with E-state index in [1.54, 1.807) is 6.92 Å². The number of hydrogen-bond donors (Lipinski definition) is 1. The van der Waals surface area contributed by atoms with E-state index in [4.69, 9.17) is 11.6 Å². The van der Waals surface area contributed by atoms with E-state index in [9.17, 15) is 19.1 Å². The van der Waals surface area contributed by atoms with Gasteiger partial charge in [-0.05, 0) is 42.7 Å².